The van der Waals surface area contributed by atoms with Gasteiger partial charge in [-0.25, -0.2) is 13.6 Å². The van der Waals surface area contributed by atoms with Gasteiger partial charge >= 0.3 is 0 Å². The zero-order valence-electron chi connectivity index (χ0n) is 13.3. The molecule has 0 bridgehead atoms. The van der Waals surface area contributed by atoms with Gasteiger partial charge in [-0.2, -0.15) is 0 Å². The molecule has 1 unspecified atom stereocenters. The highest BCUT2D eigenvalue weighted by Crippen LogP contribution is 2.22. The minimum absolute atomic E-state index is 0.0108. The number of amides is 1. The molecular formula is C15H24N2O3S. The van der Waals surface area contributed by atoms with Gasteiger partial charge in [0.15, 0.2) is 0 Å². The van der Waals surface area contributed by atoms with E-state index in [9.17, 15) is 13.2 Å². The summed E-state index contributed by atoms with van der Waals surface area (Å²) in [5.41, 5.74) is 1.71. The fraction of sp³-hybridized carbons (Fsp3) is 0.533. The topological polar surface area (TPSA) is 80.5 Å². The maximum atomic E-state index is 12.7. The van der Waals surface area contributed by atoms with Crippen LogP contribution in [0.25, 0.3) is 0 Å². The Labute approximate surface area is 127 Å². The predicted octanol–water partition coefficient (Wildman–Crippen LogP) is 2.21. The number of nitrogens with two attached hydrogens (primary N) is 1. The monoisotopic (exact) mass is 312 g/mol. The van der Waals surface area contributed by atoms with Crippen molar-refractivity contribution in [3.63, 3.8) is 0 Å². The first-order valence-electron chi connectivity index (χ1n) is 7.08. The van der Waals surface area contributed by atoms with Crippen molar-refractivity contribution in [1.29, 1.82) is 0 Å². The third kappa shape index (κ3) is 3.83. The van der Waals surface area contributed by atoms with Gasteiger partial charge in [-0.15, -0.1) is 0 Å². The second kappa shape index (κ2) is 6.58. The van der Waals surface area contributed by atoms with Crippen LogP contribution in [0.5, 0.6) is 0 Å². The molecular weight excluding hydrogens is 288 g/mol. The molecule has 1 aromatic rings. The minimum Gasteiger partial charge on any atom is -0.336 e. The van der Waals surface area contributed by atoms with Gasteiger partial charge < -0.3 is 4.90 Å². The molecule has 0 aromatic heterocycles. The number of hydrogen-bond acceptors (Lipinski definition) is 3. The van der Waals surface area contributed by atoms with E-state index in [2.05, 4.69) is 0 Å². The molecule has 6 heteroatoms. The first-order chi connectivity index (χ1) is 9.63. The zero-order chi connectivity index (χ0) is 16.4. The smallest absolute Gasteiger partial charge is 0.254 e. The van der Waals surface area contributed by atoms with Crippen LogP contribution < -0.4 is 5.14 Å². The van der Waals surface area contributed by atoms with Crippen LogP contribution in [-0.4, -0.2) is 31.8 Å². The van der Waals surface area contributed by atoms with Crippen molar-refractivity contribution in [2.75, 3.05) is 6.54 Å². The Morgan fingerprint density at radius 3 is 2.24 bits per heavy atom. The molecule has 0 fully saturated rings. The molecule has 0 saturated carbocycles. The third-order valence-electron chi connectivity index (χ3n) is 3.78. The largest absolute Gasteiger partial charge is 0.336 e. The van der Waals surface area contributed by atoms with Gasteiger partial charge in [0, 0.05) is 18.2 Å². The lowest BCUT2D eigenvalue weighted by molar-refractivity contribution is 0.0699. The molecule has 0 aliphatic carbocycles. The Morgan fingerprint density at radius 2 is 1.81 bits per heavy atom. The van der Waals surface area contributed by atoms with Gasteiger partial charge in [-0.1, -0.05) is 13.0 Å². The number of sulfonamides is 1. The fourth-order valence-corrected chi connectivity index (χ4v) is 3.19. The molecule has 0 saturated heterocycles. The lowest BCUT2D eigenvalue weighted by atomic mass is 10.0. The summed E-state index contributed by atoms with van der Waals surface area (Å²) in [5, 5.41) is 5.22. The van der Waals surface area contributed by atoms with Gasteiger partial charge in [0.05, 0.1) is 4.90 Å². The van der Waals surface area contributed by atoms with Crippen molar-refractivity contribution in [1.82, 2.24) is 4.90 Å². The van der Waals surface area contributed by atoms with Crippen LogP contribution in [0, 0.1) is 13.8 Å². The van der Waals surface area contributed by atoms with Crippen LogP contribution >= 0.6 is 0 Å². The SMILES string of the molecule is CCC(C)N(CC)C(=O)c1cc(S(N)(=O)=O)c(C)cc1C. The van der Waals surface area contributed by atoms with E-state index in [1.165, 1.54) is 6.07 Å². The summed E-state index contributed by atoms with van der Waals surface area (Å²) in [5.74, 6) is -0.158. The van der Waals surface area contributed by atoms with Crippen molar-refractivity contribution in [3.8, 4) is 0 Å². The van der Waals surface area contributed by atoms with Crippen molar-refractivity contribution >= 4 is 15.9 Å². The molecule has 1 atom stereocenters. The number of carbonyl (C=O) groups excluding carboxylic acids is 1. The number of carbonyl (C=O) groups is 1. The van der Waals surface area contributed by atoms with E-state index < -0.39 is 10.0 Å². The maximum absolute atomic E-state index is 12.7. The van der Waals surface area contributed by atoms with Gasteiger partial charge in [0.2, 0.25) is 10.0 Å². The molecule has 21 heavy (non-hydrogen) atoms. The van der Waals surface area contributed by atoms with Crippen molar-refractivity contribution < 1.29 is 13.2 Å². The summed E-state index contributed by atoms with van der Waals surface area (Å²) in [4.78, 5) is 14.4. The lowest BCUT2D eigenvalue weighted by Crippen LogP contribution is -2.38. The molecule has 0 heterocycles. The van der Waals surface area contributed by atoms with Crippen molar-refractivity contribution in [2.24, 2.45) is 5.14 Å². The molecule has 1 amide bonds. The molecule has 0 spiro atoms. The Bertz CT molecular complexity index is 639. The molecule has 0 radical (unpaired) electrons. The number of hydrogen-bond donors (Lipinski definition) is 1. The average molecular weight is 312 g/mol. The number of benzene rings is 1. The molecule has 1 rings (SSSR count). The molecule has 1 aromatic carbocycles. The summed E-state index contributed by atoms with van der Waals surface area (Å²) in [6, 6.07) is 3.19. The maximum Gasteiger partial charge on any atom is 0.254 e. The van der Waals surface area contributed by atoms with Crippen LogP contribution in [0.3, 0.4) is 0 Å². The van der Waals surface area contributed by atoms with Crippen LogP contribution in [0.4, 0.5) is 0 Å². The standard InChI is InChI=1S/C15H24N2O3S/c1-6-12(5)17(7-2)15(18)13-9-14(21(16,19)20)11(4)8-10(13)3/h8-9,12H,6-7H2,1-5H3,(H2,16,19,20). The Morgan fingerprint density at radius 1 is 1.24 bits per heavy atom. The summed E-state index contributed by atoms with van der Waals surface area (Å²) < 4.78 is 23.2. The minimum atomic E-state index is -3.84. The fourth-order valence-electron chi connectivity index (χ4n) is 2.40. The highest BCUT2D eigenvalue weighted by atomic mass is 32.2. The van der Waals surface area contributed by atoms with Crippen molar-refractivity contribution in [3.05, 3.63) is 28.8 Å². The third-order valence-corrected chi connectivity index (χ3v) is 4.84. The Kier molecular flexibility index (Phi) is 5.53. The first kappa shape index (κ1) is 17.7. The Balaban J connectivity index is 3.40. The van der Waals surface area contributed by atoms with E-state index in [0.29, 0.717) is 17.7 Å². The van der Waals surface area contributed by atoms with E-state index in [1.807, 2.05) is 20.8 Å². The second-order valence-electron chi connectivity index (χ2n) is 5.33. The van der Waals surface area contributed by atoms with Crippen LogP contribution in [0.15, 0.2) is 17.0 Å². The quantitative estimate of drug-likeness (QED) is 0.905. The van der Waals surface area contributed by atoms with E-state index in [4.69, 9.17) is 5.14 Å². The van der Waals surface area contributed by atoms with E-state index in [-0.39, 0.29) is 16.8 Å². The predicted molar refractivity (Wildman–Crippen MR) is 83.8 cm³/mol. The van der Waals surface area contributed by atoms with E-state index in [0.717, 1.165) is 12.0 Å². The molecule has 118 valence electrons. The summed E-state index contributed by atoms with van der Waals surface area (Å²) in [7, 11) is -3.84. The first-order valence-corrected chi connectivity index (χ1v) is 8.63. The molecule has 0 aliphatic rings. The molecule has 5 nitrogen and oxygen atoms in total. The highest BCUT2D eigenvalue weighted by molar-refractivity contribution is 7.89. The molecule has 2 N–H and O–H groups in total. The lowest BCUT2D eigenvalue weighted by Gasteiger charge is -2.28. The van der Waals surface area contributed by atoms with Gasteiger partial charge in [-0.05, 0) is 51.3 Å². The van der Waals surface area contributed by atoms with Crippen LogP contribution in [0.1, 0.15) is 48.7 Å². The second-order valence-corrected chi connectivity index (χ2v) is 6.86. The zero-order valence-corrected chi connectivity index (χ0v) is 14.1. The average Bonchev–Trinajstić information content (AvgIpc) is 2.37. The number of aryl methyl sites for hydroxylation is 2. The highest BCUT2D eigenvalue weighted by Gasteiger charge is 2.23. The van der Waals surface area contributed by atoms with Gasteiger partial charge in [0.25, 0.3) is 5.91 Å². The number of rotatable bonds is 5. The summed E-state index contributed by atoms with van der Waals surface area (Å²) in [6.07, 6.45) is 0.840. The normalized spacial score (nSPS) is 13.0. The van der Waals surface area contributed by atoms with Crippen molar-refractivity contribution in [2.45, 2.75) is 52.0 Å². The van der Waals surface area contributed by atoms with Crippen LogP contribution in [0.2, 0.25) is 0 Å². The number of nitrogens with zero attached hydrogens (tertiary/aromatic N) is 1. The van der Waals surface area contributed by atoms with E-state index in [1.54, 1.807) is 24.8 Å². The van der Waals surface area contributed by atoms with E-state index >= 15 is 0 Å². The van der Waals surface area contributed by atoms with Gasteiger partial charge in [0.1, 0.15) is 0 Å². The summed E-state index contributed by atoms with van der Waals surface area (Å²) in [6.45, 7) is 9.95. The summed E-state index contributed by atoms with van der Waals surface area (Å²) >= 11 is 0. The van der Waals surface area contributed by atoms with Gasteiger partial charge in [-0.3, -0.25) is 4.79 Å². The number of primary sulfonamides is 1. The molecule has 0 aliphatic heterocycles. The van der Waals surface area contributed by atoms with Crippen LogP contribution in [-0.2, 0) is 10.0 Å². The Hall–Kier alpha value is -1.40.